The Hall–Kier alpha value is -1.65. The van der Waals surface area contributed by atoms with Gasteiger partial charge in [0.1, 0.15) is 0 Å². The van der Waals surface area contributed by atoms with E-state index in [-0.39, 0.29) is 17.9 Å². The number of nitrogens with zero attached hydrogens (tertiary/aromatic N) is 1. The third-order valence-electron chi connectivity index (χ3n) is 7.90. The highest BCUT2D eigenvalue weighted by Gasteiger charge is 2.46. The Morgan fingerprint density at radius 2 is 1.61 bits per heavy atom. The fraction of sp³-hybridized carbons (Fsp3) is 0.667. The second kappa shape index (κ2) is 10.8. The summed E-state index contributed by atoms with van der Waals surface area (Å²) in [6.45, 7) is 3.03. The van der Waals surface area contributed by atoms with Gasteiger partial charge in [0.25, 0.3) is 5.91 Å². The van der Waals surface area contributed by atoms with Crippen molar-refractivity contribution in [2.45, 2.75) is 82.3 Å². The van der Waals surface area contributed by atoms with Gasteiger partial charge in [0, 0.05) is 31.6 Å². The van der Waals surface area contributed by atoms with E-state index in [9.17, 15) is 9.90 Å². The smallest absolute Gasteiger partial charge is 0.257 e. The molecular weight excluding hydrogens is 384 g/mol. The lowest BCUT2D eigenvalue weighted by Gasteiger charge is -2.37. The molecule has 0 bridgehead atoms. The quantitative estimate of drug-likeness (QED) is 0.591. The number of nitrogens with one attached hydrogen (secondary N) is 1. The van der Waals surface area contributed by atoms with Crippen molar-refractivity contribution in [3.8, 4) is 0 Å². The number of piperidine rings is 1. The molecule has 2 aliphatic carbocycles. The minimum Gasteiger partial charge on any atom is -0.375 e. The summed E-state index contributed by atoms with van der Waals surface area (Å²) in [5.74, 6) is 0.737. The van der Waals surface area contributed by atoms with Crippen LogP contribution in [0.3, 0.4) is 0 Å². The third kappa shape index (κ3) is 5.59. The molecule has 2 N–H and O–H groups in total. The average molecular weight is 425 g/mol. The Balaban J connectivity index is 1.27. The summed E-state index contributed by atoms with van der Waals surface area (Å²) in [6, 6.07) is 9.73. The molecule has 0 aromatic heterocycles. The molecule has 0 spiro atoms. The van der Waals surface area contributed by atoms with Gasteiger partial charge in [-0.1, -0.05) is 81.0 Å². The summed E-state index contributed by atoms with van der Waals surface area (Å²) in [6.07, 6.45) is 17.6. The first-order chi connectivity index (χ1) is 15.2. The summed E-state index contributed by atoms with van der Waals surface area (Å²) >= 11 is 0. The number of aliphatic hydroxyl groups is 1. The zero-order valence-corrected chi connectivity index (χ0v) is 19.0. The average Bonchev–Trinajstić information content (AvgIpc) is 3.52. The van der Waals surface area contributed by atoms with E-state index in [1.165, 1.54) is 32.1 Å². The van der Waals surface area contributed by atoms with Gasteiger partial charge in [-0.25, -0.2) is 0 Å². The molecule has 3 aliphatic rings. The number of hydrogen-bond donors (Lipinski definition) is 2. The van der Waals surface area contributed by atoms with Crippen molar-refractivity contribution >= 4 is 5.91 Å². The van der Waals surface area contributed by atoms with Crippen molar-refractivity contribution in [1.29, 1.82) is 0 Å². The van der Waals surface area contributed by atoms with E-state index in [4.69, 9.17) is 0 Å². The van der Waals surface area contributed by atoms with E-state index in [0.29, 0.717) is 0 Å². The molecule has 4 rings (SSSR count). The van der Waals surface area contributed by atoms with Crippen molar-refractivity contribution < 1.29 is 9.90 Å². The molecule has 1 unspecified atom stereocenters. The summed E-state index contributed by atoms with van der Waals surface area (Å²) in [4.78, 5) is 15.8. The van der Waals surface area contributed by atoms with E-state index < -0.39 is 5.60 Å². The number of rotatable bonds is 8. The number of allylic oxidation sites excluding steroid dienone is 1. The van der Waals surface area contributed by atoms with Gasteiger partial charge < -0.3 is 10.4 Å². The van der Waals surface area contributed by atoms with E-state index in [1.54, 1.807) is 0 Å². The first-order valence-electron chi connectivity index (χ1n) is 12.6. The maximum atomic E-state index is 13.4. The van der Waals surface area contributed by atoms with Gasteiger partial charge in [0.05, 0.1) is 0 Å². The molecule has 4 nitrogen and oxygen atoms in total. The van der Waals surface area contributed by atoms with E-state index in [0.717, 1.165) is 69.6 Å². The van der Waals surface area contributed by atoms with Gasteiger partial charge in [0.15, 0.2) is 5.60 Å². The van der Waals surface area contributed by atoms with E-state index >= 15 is 0 Å². The Bertz CT molecular complexity index is 714. The standard InChI is InChI=1S/C27H40N2O2/c30-26(27(31,24-15-6-7-16-24)23-13-2-1-3-14-23)28-25-17-20-29(21-18-25)19-9-8-12-22-10-4-5-11-22/h1-3,8-9,13-14,22,24-25,31H,4-7,10-12,15-21H2,(H,28,30)/b9-8-. The van der Waals surface area contributed by atoms with E-state index in [2.05, 4.69) is 22.4 Å². The highest BCUT2D eigenvalue weighted by molar-refractivity contribution is 5.87. The topological polar surface area (TPSA) is 52.6 Å². The van der Waals surface area contributed by atoms with Crippen LogP contribution in [0.2, 0.25) is 0 Å². The van der Waals surface area contributed by atoms with Crippen LogP contribution < -0.4 is 5.32 Å². The first-order valence-corrected chi connectivity index (χ1v) is 12.6. The van der Waals surface area contributed by atoms with Crippen LogP contribution in [0.25, 0.3) is 0 Å². The molecule has 1 aromatic rings. The van der Waals surface area contributed by atoms with Crippen LogP contribution in [0.1, 0.15) is 76.2 Å². The lowest BCUT2D eigenvalue weighted by Crippen LogP contribution is -2.54. The molecule has 3 fully saturated rings. The van der Waals surface area contributed by atoms with Gasteiger partial charge in [-0.15, -0.1) is 0 Å². The largest absolute Gasteiger partial charge is 0.375 e. The monoisotopic (exact) mass is 424 g/mol. The zero-order valence-electron chi connectivity index (χ0n) is 19.0. The molecular formula is C27H40N2O2. The van der Waals surface area contributed by atoms with Crippen LogP contribution in [0.4, 0.5) is 0 Å². The van der Waals surface area contributed by atoms with Crippen LogP contribution >= 0.6 is 0 Å². The molecule has 1 heterocycles. The fourth-order valence-corrected chi connectivity index (χ4v) is 5.90. The predicted octanol–water partition coefficient (Wildman–Crippen LogP) is 4.78. The lowest BCUT2D eigenvalue weighted by atomic mass is 9.79. The minimum atomic E-state index is -1.40. The predicted molar refractivity (Wildman–Crippen MR) is 126 cm³/mol. The second-order valence-corrected chi connectivity index (χ2v) is 10.0. The summed E-state index contributed by atoms with van der Waals surface area (Å²) < 4.78 is 0. The molecule has 1 aliphatic heterocycles. The number of carbonyl (C=O) groups excluding carboxylic acids is 1. The molecule has 1 saturated heterocycles. The van der Waals surface area contributed by atoms with Gasteiger partial charge in [-0.05, 0) is 43.6 Å². The van der Waals surface area contributed by atoms with Gasteiger partial charge in [-0.3, -0.25) is 9.69 Å². The normalized spacial score (nSPS) is 24.0. The first kappa shape index (κ1) is 22.5. The Morgan fingerprint density at radius 1 is 0.968 bits per heavy atom. The van der Waals surface area contributed by atoms with Crippen LogP contribution in [-0.2, 0) is 10.4 Å². The summed E-state index contributed by atoms with van der Waals surface area (Å²) in [5, 5.41) is 14.9. The number of carbonyl (C=O) groups is 1. The Labute approximate surface area is 188 Å². The molecule has 31 heavy (non-hydrogen) atoms. The molecule has 1 atom stereocenters. The molecule has 170 valence electrons. The number of likely N-dealkylation sites (tertiary alicyclic amines) is 1. The third-order valence-corrected chi connectivity index (χ3v) is 7.90. The number of amides is 1. The fourth-order valence-electron chi connectivity index (χ4n) is 5.90. The highest BCUT2D eigenvalue weighted by atomic mass is 16.3. The van der Waals surface area contributed by atoms with Crippen molar-refractivity contribution in [3.05, 3.63) is 48.0 Å². The van der Waals surface area contributed by atoms with Gasteiger partial charge in [-0.2, -0.15) is 0 Å². The number of hydrogen-bond acceptors (Lipinski definition) is 3. The summed E-state index contributed by atoms with van der Waals surface area (Å²) in [5.41, 5.74) is -0.665. The number of benzene rings is 1. The Kier molecular flexibility index (Phi) is 7.84. The van der Waals surface area contributed by atoms with Crippen LogP contribution in [-0.4, -0.2) is 41.6 Å². The van der Waals surface area contributed by atoms with Crippen molar-refractivity contribution in [1.82, 2.24) is 10.2 Å². The van der Waals surface area contributed by atoms with Gasteiger partial charge >= 0.3 is 0 Å². The SMILES string of the molecule is O=C(NC1CCN(C/C=C\CC2CCCC2)CC1)C(O)(c1ccccc1)C1CCCC1. The molecule has 1 aromatic carbocycles. The van der Waals surface area contributed by atoms with Crippen molar-refractivity contribution in [2.75, 3.05) is 19.6 Å². The second-order valence-electron chi connectivity index (χ2n) is 10.0. The Morgan fingerprint density at radius 3 is 2.29 bits per heavy atom. The van der Waals surface area contributed by atoms with Crippen molar-refractivity contribution in [2.24, 2.45) is 11.8 Å². The summed E-state index contributed by atoms with van der Waals surface area (Å²) in [7, 11) is 0. The molecule has 2 saturated carbocycles. The molecule has 1 amide bonds. The zero-order chi connectivity index (χ0) is 21.5. The van der Waals surface area contributed by atoms with E-state index in [1.807, 2.05) is 30.3 Å². The van der Waals surface area contributed by atoms with Gasteiger partial charge in [0.2, 0.25) is 0 Å². The van der Waals surface area contributed by atoms with Crippen LogP contribution in [0.15, 0.2) is 42.5 Å². The maximum absolute atomic E-state index is 13.4. The van der Waals surface area contributed by atoms with Crippen LogP contribution in [0, 0.1) is 11.8 Å². The van der Waals surface area contributed by atoms with Crippen LogP contribution in [0.5, 0.6) is 0 Å². The minimum absolute atomic E-state index is 0.0139. The highest BCUT2D eigenvalue weighted by Crippen LogP contribution is 2.41. The molecule has 0 radical (unpaired) electrons. The molecule has 4 heteroatoms. The van der Waals surface area contributed by atoms with Crippen molar-refractivity contribution in [3.63, 3.8) is 0 Å². The lowest BCUT2D eigenvalue weighted by molar-refractivity contribution is -0.148. The maximum Gasteiger partial charge on any atom is 0.257 e.